The number of ether oxygens (including phenoxy) is 1. The lowest BCUT2D eigenvalue weighted by Gasteiger charge is -2.13. The van der Waals surface area contributed by atoms with Gasteiger partial charge in [-0.1, -0.05) is 6.07 Å². The number of carbonyl (C=O) groups excluding carboxylic acids is 3. The molecule has 1 aromatic heterocycles. The zero-order valence-corrected chi connectivity index (χ0v) is 13.0. The van der Waals surface area contributed by atoms with Crippen LogP contribution >= 0.6 is 0 Å². The smallest absolute Gasteiger partial charge is 0.328 e. The molecule has 1 heterocycles. The van der Waals surface area contributed by atoms with Crippen LogP contribution in [0.15, 0.2) is 41.0 Å². The van der Waals surface area contributed by atoms with E-state index in [-0.39, 0.29) is 5.76 Å². The molecule has 7 nitrogen and oxygen atoms in total. The third kappa shape index (κ3) is 4.87. The van der Waals surface area contributed by atoms with Crippen LogP contribution in [0.25, 0.3) is 0 Å². The van der Waals surface area contributed by atoms with Crippen molar-refractivity contribution in [2.45, 2.75) is 13.0 Å². The Morgan fingerprint density at radius 3 is 2.44 bits per heavy atom. The van der Waals surface area contributed by atoms with Crippen LogP contribution in [0.5, 0.6) is 0 Å². The molecule has 132 valence electrons. The zero-order valence-electron chi connectivity index (χ0n) is 13.0. The van der Waals surface area contributed by atoms with Gasteiger partial charge >= 0.3 is 5.97 Å². The van der Waals surface area contributed by atoms with Crippen LogP contribution in [0.1, 0.15) is 17.5 Å². The van der Waals surface area contributed by atoms with Crippen molar-refractivity contribution in [2.75, 3.05) is 11.9 Å². The molecule has 1 atom stereocenters. The number of esters is 1. The van der Waals surface area contributed by atoms with E-state index in [2.05, 4.69) is 5.32 Å². The van der Waals surface area contributed by atoms with E-state index in [1.165, 1.54) is 25.3 Å². The third-order valence-electron chi connectivity index (χ3n) is 3.02. The third-order valence-corrected chi connectivity index (χ3v) is 3.02. The van der Waals surface area contributed by atoms with Crippen molar-refractivity contribution in [3.63, 3.8) is 0 Å². The molecule has 9 heteroatoms. The van der Waals surface area contributed by atoms with Crippen molar-refractivity contribution in [1.82, 2.24) is 5.32 Å². The molecule has 2 aromatic rings. The number of halogens is 2. The van der Waals surface area contributed by atoms with Gasteiger partial charge in [-0.05, 0) is 31.2 Å². The Balaban J connectivity index is 1.82. The monoisotopic (exact) mass is 352 g/mol. The maximum Gasteiger partial charge on any atom is 0.328 e. The highest BCUT2D eigenvalue weighted by Crippen LogP contribution is 2.17. The Morgan fingerprint density at radius 2 is 1.84 bits per heavy atom. The predicted octanol–water partition coefficient (Wildman–Crippen LogP) is 1.86. The Labute approximate surface area is 141 Å². The first-order chi connectivity index (χ1) is 11.9. The number of hydrogen-bond acceptors (Lipinski definition) is 5. The number of furan rings is 1. The predicted molar refractivity (Wildman–Crippen MR) is 81.6 cm³/mol. The summed E-state index contributed by atoms with van der Waals surface area (Å²) >= 11 is 0. The number of hydrogen-bond donors (Lipinski definition) is 2. The van der Waals surface area contributed by atoms with Gasteiger partial charge in [0.15, 0.2) is 12.4 Å². The normalized spacial score (nSPS) is 11.5. The minimum Gasteiger partial charge on any atom is -0.459 e. The molecule has 0 aliphatic heterocycles. The Kier molecular flexibility index (Phi) is 5.83. The van der Waals surface area contributed by atoms with Crippen molar-refractivity contribution in [1.29, 1.82) is 0 Å². The highest BCUT2D eigenvalue weighted by Gasteiger charge is 2.20. The van der Waals surface area contributed by atoms with Crippen LogP contribution in [-0.4, -0.2) is 30.4 Å². The summed E-state index contributed by atoms with van der Waals surface area (Å²) in [6.07, 6.45) is 1.30. The van der Waals surface area contributed by atoms with Gasteiger partial charge < -0.3 is 19.8 Å². The zero-order chi connectivity index (χ0) is 18.4. The molecule has 0 aliphatic carbocycles. The molecule has 25 heavy (non-hydrogen) atoms. The molecule has 0 spiro atoms. The Hall–Kier alpha value is -3.23. The first-order valence-electron chi connectivity index (χ1n) is 7.13. The molecule has 0 bridgehead atoms. The van der Waals surface area contributed by atoms with E-state index in [1.807, 2.05) is 5.32 Å². The standard InChI is InChI=1S/C16H14F2N2O5/c1-9(19-15(22)12-6-3-7-24-12)16(23)25-8-13(21)20-14-10(17)4-2-5-11(14)18/h2-7,9H,8H2,1H3,(H,19,22)(H,20,21)/t9-/m0/s1. The van der Waals surface area contributed by atoms with E-state index in [9.17, 15) is 23.2 Å². The van der Waals surface area contributed by atoms with Crippen LogP contribution in [-0.2, 0) is 14.3 Å². The number of nitrogens with one attached hydrogen (secondary N) is 2. The maximum absolute atomic E-state index is 13.4. The van der Waals surface area contributed by atoms with E-state index >= 15 is 0 Å². The maximum atomic E-state index is 13.4. The van der Waals surface area contributed by atoms with Crippen molar-refractivity contribution in [3.05, 3.63) is 54.0 Å². The summed E-state index contributed by atoms with van der Waals surface area (Å²) in [5, 5.41) is 4.28. The molecular formula is C16H14F2N2O5. The fraction of sp³-hybridized carbons (Fsp3) is 0.188. The average molecular weight is 352 g/mol. The highest BCUT2D eigenvalue weighted by molar-refractivity contribution is 5.95. The second kappa shape index (κ2) is 8.04. The molecule has 0 aliphatic rings. The van der Waals surface area contributed by atoms with Gasteiger partial charge in [0, 0.05) is 0 Å². The van der Waals surface area contributed by atoms with Gasteiger partial charge in [-0.3, -0.25) is 9.59 Å². The molecule has 0 unspecified atom stereocenters. The lowest BCUT2D eigenvalue weighted by atomic mass is 10.3. The largest absolute Gasteiger partial charge is 0.459 e. The Morgan fingerprint density at radius 1 is 1.16 bits per heavy atom. The van der Waals surface area contributed by atoms with Crippen LogP contribution in [0.3, 0.4) is 0 Å². The summed E-state index contributed by atoms with van der Waals surface area (Å²) in [4.78, 5) is 35.1. The summed E-state index contributed by atoms with van der Waals surface area (Å²) in [6.45, 7) is 0.575. The first-order valence-corrected chi connectivity index (χ1v) is 7.13. The molecule has 0 fully saturated rings. The van der Waals surface area contributed by atoms with E-state index < -0.39 is 47.8 Å². The fourth-order valence-corrected chi connectivity index (χ4v) is 1.79. The van der Waals surface area contributed by atoms with Crippen molar-refractivity contribution >= 4 is 23.5 Å². The van der Waals surface area contributed by atoms with Crippen LogP contribution in [0.2, 0.25) is 0 Å². The number of amides is 2. The van der Waals surface area contributed by atoms with Gasteiger partial charge in [-0.25, -0.2) is 13.6 Å². The van der Waals surface area contributed by atoms with Crippen molar-refractivity contribution < 1.29 is 32.3 Å². The van der Waals surface area contributed by atoms with Crippen LogP contribution in [0, 0.1) is 11.6 Å². The molecule has 0 saturated heterocycles. The Bertz CT molecular complexity index is 757. The summed E-state index contributed by atoms with van der Waals surface area (Å²) in [7, 11) is 0. The van der Waals surface area contributed by atoms with Crippen LogP contribution < -0.4 is 10.6 Å². The van der Waals surface area contributed by atoms with Gasteiger partial charge in [-0.15, -0.1) is 0 Å². The number of para-hydroxylation sites is 1. The summed E-state index contributed by atoms with van der Waals surface area (Å²) < 4.78 is 36.4. The van der Waals surface area contributed by atoms with Gasteiger partial charge in [0.2, 0.25) is 0 Å². The summed E-state index contributed by atoms with van der Waals surface area (Å²) in [6, 6.07) is 4.93. The number of rotatable bonds is 6. The van der Waals surface area contributed by atoms with Gasteiger partial charge in [-0.2, -0.15) is 0 Å². The molecule has 0 saturated carbocycles. The fourth-order valence-electron chi connectivity index (χ4n) is 1.79. The molecule has 2 amide bonds. The van der Waals surface area contributed by atoms with Crippen molar-refractivity contribution in [3.8, 4) is 0 Å². The van der Waals surface area contributed by atoms with E-state index in [1.54, 1.807) is 0 Å². The summed E-state index contributed by atoms with van der Waals surface area (Å²) in [5.41, 5.74) is -0.636. The lowest BCUT2D eigenvalue weighted by Crippen LogP contribution is -2.40. The molecule has 2 rings (SSSR count). The molecule has 2 N–H and O–H groups in total. The highest BCUT2D eigenvalue weighted by atomic mass is 19.1. The molecule has 1 aromatic carbocycles. The van der Waals surface area contributed by atoms with Gasteiger partial charge in [0.05, 0.1) is 6.26 Å². The van der Waals surface area contributed by atoms with Gasteiger partial charge in [0.1, 0.15) is 23.4 Å². The second-order valence-corrected chi connectivity index (χ2v) is 4.92. The minimum atomic E-state index is -1.06. The molecule has 0 radical (unpaired) electrons. The van der Waals surface area contributed by atoms with E-state index in [0.29, 0.717) is 0 Å². The topological polar surface area (TPSA) is 97.6 Å². The van der Waals surface area contributed by atoms with E-state index in [0.717, 1.165) is 18.2 Å². The number of carbonyl (C=O) groups is 3. The quantitative estimate of drug-likeness (QED) is 0.774. The van der Waals surface area contributed by atoms with Gasteiger partial charge in [0.25, 0.3) is 11.8 Å². The number of anilines is 1. The lowest BCUT2D eigenvalue weighted by molar-refractivity contribution is -0.148. The van der Waals surface area contributed by atoms with Crippen LogP contribution in [0.4, 0.5) is 14.5 Å². The minimum absolute atomic E-state index is 0.00687. The summed E-state index contributed by atoms with van der Waals surface area (Å²) in [5.74, 6) is -4.37. The molecular weight excluding hydrogens is 338 g/mol. The van der Waals surface area contributed by atoms with Crippen molar-refractivity contribution in [2.24, 2.45) is 0 Å². The average Bonchev–Trinajstić information content (AvgIpc) is 3.10. The van der Waals surface area contributed by atoms with E-state index in [4.69, 9.17) is 9.15 Å². The number of benzene rings is 1. The first kappa shape index (κ1) is 18.1. The SMILES string of the molecule is C[C@H](NC(=O)c1ccco1)C(=O)OCC(=O)Nc1c(F)cccc1F. The second-order valence-electron chi connectivity index (χ2n) is 4.92.